The number of aromatic hydroxyl groups is 1. The number of phenols is 1. The van der Waals surface area contributed by atoms with Crippen LogP contribution in [0.3, 0.4) is 0 Å². The first kappa shape index (κ1) is 18.9. The maximum atomic E-state index is 13.9. The Hall–Kier alpha value is -2.86. The molecular formula is C21H22FNO4. The standard InChI is InChI=1S/C21H22FNO4/c1-5-13-10-14-19(25)20(27-17-9-7-6-8-16(17)22)12(2)26-21(14)15(18(13)24)11-23(3)4/h6-10,24H,5,11H2,1-4H3. The molecule has 5 nitrogen and oxygen atoms in total. The number of nitrogens with zero attached hydrogens (tertiary/aromatic N) is 1. The van der Waals surface area contributed by atoms with Crippen LogP contribution in [0.25, 0.3) is 11.0 Å². The summed E-state index contributed by atoms with van der Waals surface area (Å²) in [6.07, 6.45) is 0.555. The molecule has 0 aliphatic heterocycles. The van der Waals surface area contributed by atoms with Crippen LogP contribution in [0.15, 0.2) is 39.5 Å². The summed E-state index contributed by atoms with van der Waals surface area (Å²) in [7, 11) is 3.73. The maximum Gasteiger partial charge on any atom is 0.235 e. The Morgan fingerprint density at radius 1 is 1.26 bits per heavy atom. The first-order chi connectivity index (χ1) is 12.8. The molecule has 142 valence electrons. The molecular weight excluding hydrogens is 349 g/mol. The van der Waals surface area contributed by atoms with Gasteiger partial charge >= 0.3 is 0 Å². The molecule has 0 bridgehead atoms. The zero-order valence-electron chi connectivity index (χ0n) is 15.8. The molecule has 0 saturated carbocycles. The molecule has 0 amide bonds. The van der Waals surface area contributed by atoms with Gasteiger partial charge in [0.1, 0.15) is 17.1 Å². The molecule has 3 aromatic rings. The van der Waals surface area contributed by atoms with Crippen LogP contribution in [-0.2, 0) is 13.0 Å². The number of hydrogen-bond acceptors (Lipinski definition) is 5. The topological polar surface area (TPSA) is 62.9 Å². The second kappa shape index (κ2) is 7.40. The summed E-state index contributed by atoms with van der Waals surface area (Å²) in [6.45, 7) is 3.89. The van der Waals surface area contributed by atoms with E-state index in [9.17, 15) is 14.3 Å². The minimum atomic E-state index is -0.565. The van der Waals surface area contributed by atoms with Crippen molar-refractivity contribution in [2.75, 3.05) is 14.1 Å². The molecule has 1 heterocycles. The predicted molar refractivity (Wildman–Crippen MR) is 102 cm³/mol. The Morgan fingerprint density at radius 2 is 1.96 bits per heavy atom. The van der Waals surface area contributed by atoms with E-state index in [0.717, 1.165) is 0 Å². The van der Waals surface area contributed by atoms with Crippen molar-refractivity contribution in [1.82, 2.24) is 4.90 Å². The third kappa shape index (κ3) is 3.53. The lowest BCUT2D eigenvalue weighted by Crippen LogP contribution is -2.14. The van der Waals surface area contributed by atoms with Gasteiger partial charge in [-0.15, -0.1) is 0 Å². The van der Waals surface area contributed by atoms with Gasteiger partial charge in [-0.25, -0.2) is 4.39 Å². The number of halogens is 1. The molecule has 1 aromatic heterocycles. The summed E-state index contributed by atoms with van der Waals surface area (Å²) in [4.78, 5) is 15.0. The van der Waals surface area contributed by atoms with Gasteiger partial charge in [0.05, 0.1) is 10.9 Å². The van der Waals surface area contributed by atoms with E-state index < -0.39 is 11.2 Å². The highest BCUT2D eigenvalue weighted by atomic mass is 19.1. The first-order valence-electron chi connectivity index (χ1n) is 8.71. The van der Waals surface area contributed by atoms with Crippen molar-refractivity contribution >= 4 is 11.0 Å². The normalized spacial score (nSPS) is 11.3. The molecule has 27 heavy (non-hydrogen) atoms. The summed E-state index contributed by atoms with van der Waals surface area (Å²) < 4.78 is 25.3. The van der Waals surface area contributed by atoms with Gasteiger partial charge in [-0.05, 0) is 51.2 Å². The Labute approximate surface area is 156 Å². The molecule has 6 heteroatoms. The van der Waals surface area contributed by atoms with E-state index >= 15 is 0 Å². The van der Waals surface area contributed by atoms with Gasteiger partial charge in [-0.3, -0.25) is 4.79 Å². The molecule has 0 aliphatic carbocycles. The summed E-state index contributed by atoms with van der Waals surface area (Å²) in [5.74, 6) is -0.320. The highest BCUT2D eigenvalue weighted by Gasteiger charge is 2.21. The van der Waals surface area contributed by atoms with Crippen molar-refractivity contribution in [3.05, 3.63) is 63.3 Å². The van der Waals surface area contributed by atoms with Crippen LogP contribution in [-0.4, -0.2) is 24.1 Å². The number of ether oxygens (including phenoxy) is 1. The van der Waals surface area contributed by atoms with Crippen molar-refractivity contribution in [2.24, 2.45) is 0 Å². The molecule has 3 rings (SSSR count). The van der Waals surface area contributed by atoms with Crippen molar-refractivity contribution in [3.8, 4) is 17.2 Å². The van der Waals surface area contributed by atoms with Crippen LogP contribution in [0.5, 0.6) is 17.2 Å². The van der Waals surface area contributed by atoms with Crippen molar-refractivity contribution in [1.29, 1.82) is 0 Å². The van der Waals surface area contributed by atoms with E-state index in [-0.39, 0.29) is 23.0 Å². The van der Waals surface area contributed by atoms with E-state index in [1.807, 2.05) is 25.9 Å². The van der Waals surface area contributed by atoms with Crippen LogP contribution in [0.4, 0.5) is 4.39 Å². The van der Waals surface area contributed by atoms with Crippen LogP contribution in [0, 0.1) is 12.7 Å². The van der Waals surface area contributed by atoms with Gasteiger partial charge in [0.25, 0.3) is 0 Å². The van der Waals surface area contributed by atoms with Crippen molar-refractivity contribution in [3.63, 3.8) is 0 Å². The average Bonchev–Trinajstić information content (AvgIpc) is 2.62. The molecule has 0 atom stereocenters. The number of hydrogen-bond donors (Lipinski definition) is 1. The zero-order chi connectivity index (χ0) is 19.7. The number of para-hydroxylation sites is 1. The lowest BCUT2D eigenvalue weighted by molar-refractivity contribution is 0.379. The van der Waals surface area contributed by atoms with E-state index in [1.54, 1.807) is 25.1 Å². The summed E-state index contributed by atoms with van der Waals surface area (Å²) in [6, 6.07) is 7.49. The highest BCUT2D eigenvalue weighted by Crippen LogP contribution is 2.34. The molecule has 1 N–H and O–H groups in total. The predicted octanol–water partition coefficient (Wildman–Crippen LogP) is 4.36. The van der Waals surface area contributed by atoms with E-state index in [0.29, 0.717) is 35.1 Å². The van der Waals surface area contributed by atoms with E-state index in [4.69, 9.17) is 9.15 Å². The first-order valence-corrected chi connectivity index (χ1v) is 8.71. The fourth-order valence-corrected chi connectivity index (χ4v) is 3.03. The van der Waals surface area contributed by atoms with Crippen molar-refractivity contribution in [2.45, 2.75) is 26.8 Å². The van der Waals surface area contributed by atoms with Crippen LogP contribution in [0.2, 0.25) is 0 Å². The number of benzene rings is 2. The van der Waals surface area contributed by atoms with Gasteiger partial charge in [0.2, 0.25) is 11.2 Å². The second-order valence-electron chi connectivity index (χ2n) is 6.68. The monoisotopic (exact) mass is 371 g/mol. The fraction of sp³-hybridized carbons (Fsp3) is 0.286. The molecule has 0 radical (unpaired) electrons. The molecule has 2 aromatic carbocycles. The largest absolute Gasteiger partial charge is 0.507 e. The van der Waals surface area contributed by atoms with E-state index in [1.165, 1.54) is 12.1 Å². The quantitative estimate of drug-likeness (QED) is 0.722. The second-order valence-corrected chi connectivity index (χ2v) is 6.68. The lowest BCUT2D eigenvalue weighted by Gasteiger charge is -2.17. The highest BCUT2D eigenvalue weighted by molar-refractivity contribution is 5.85. The molecule has 0 saturated heterocycles. The smallest absolute Gasteiger partial charge is 0.235 e. The van der Waals surface area contributed by atoms with Gasteiger partial charge in [0.15, 0.2) is 11.6 Å². The van der Waals surface area contributed by atoms with E-state index in [2.05, 4.69) is 0 Å². The van der Waals surface area contributed by atoms with Crippen LogP contribution in [0.1, 0.15) is 23.8 Å². The fourth-order valence-electron chi connectivity index (χ4n) is 3.03. The minimum Gasteiger partial charge on any atom is -0.507 e. The molecule has 0 spiro atoms. The third-order valence-corrected chi connectivity index (χ3v) is 4.36. The van der Waals surface area contributed by atoms with Gasteiger partial charge in [-0.1, -0.05) is 19.1 Å². The Morgan fingerprint density at radius 3 is 2.59 bits per heavy atom. The Balaban J connectivity index is 2.26. The lowest BCUT2D eigenvalue weighted by atomic mass is 10.0. The molecule has 0 fully saturated rings. The van der Waals surface area contributed by atoms with Crippen LogP contribution < -0.4 is 10.2 Å². The van der Waals surface area contributed by atoms with Gasteiger partial charge in [-0.2, -0.15) is 0 Å². The molecule has 0 aliphatic rings. The Kier molecular flexibility index (Phi) is 5.19. The summed E-state index contributed by atoms with van der Waals surface area (Å²) >= 11 is 0. The Bertz CT molecular complexity index is 1060. The number of phenolic OH excluding ortho intramolecular Hbond substituents is 1. The average molecular weight is 371 g/mol. The minimum absolute atomic E-state index is 0.0461. The SMILES string of the molecule is CCc1cc2c(=O)c(Oc3ccccc3F)c(C)oc2c(CN(C)C)c1O. The van der Waals surface area contributed by atoms with Gasteiger partial charge < -0.3 is 19.2 Å². The van der Waals surface area contributed by atoms with Crippen molar-refractivity contribution < 1.29 is 18.7 Å². The maximum absolute atomic E-state index is 13.9. The zero-order valence-corrected chi connectivity index (χ0v) is 15.8. The third-order valence-electron chi connectivity index (χ3n) is 4.36. The summed E-state index contributed by atoms with van der Waals surface area (Å²) in [5, 5.41) is 10.9. The molecule has 0 unspecified atom stereocenters. The number of aryl methyl sites for hydroxylation is 2. The van der Waals surface area contributed by atoms with Crippen LogP contribution >= 0.6 is 0 Å². The number of fused-ring (bicyclic) bond motifs is 1. The van der Waals surface area contributed by atoms with Gasteiger partial charge in [0, 0.05) is 6.54 Å². The number of rotatable bonds is 5. The summed E-state index contributed by atoms with van der Waals surface area (Å²) in [5.41, 5.74) is 1.12.